The highest BCUT2D eigenvalue weighted by molar-refractivity contribution is 7.98. The first-order valence-corrected chi connectivity index (χ1v) is 11.7. The number of ether oxygens (including phenoxy) is 1. The molecule has 0 spiro atoms. The number of hydrogen-bond donors (Lipinski definition) is 0. The number of benzene rings is 2. The molecule has 0 atom stereocenters. The summed E-state index contributed by atoms with van der Waals surface area (Å²) < 4.78 is 21.1. The fourth-order valence-corrected chi connectivity index (χ4v) is 4.27. The monoisotopic (exact) mass is 469 g/mol. The number of piperazine rings is 1. The molecule has 3 aromatic rings. The van der Waals surface area contributed by atoms with Crippen molar-refractivity contribution in [3.8, 4) is 5.69 Å². The van der Waals surface area contributed by atoms with Gasteiger partial charge in [-0.25, -0.2) is 9.18 Å². The summed E-state index contributed by atoms with van der Waals surface area (Å²) in [5.41, 5.74) is 1.72. The van der Waals surface area contributed by atoms with Crippen molar-refractivity contribution in [1.82, 2.24) is 19.7 Å². The second kappa shape index (κ2) is 10.0. The van der Waals surface area contributed by atoms with Gasteiger partial charge in [-0.15, -0.1) is 10.2 Å². The molecule has 0 radical (unpaired) electrons. The van der Waals surface area contributed by atoms with E-state index in [9.17, 15) is 14.0 Å². The molecule has 1 saturated heterocycles. The molecule has 2 aromatic carbocycles. The molecule has 2 heterocycles. The van der Waals surface area contributed by atoms with Crippen molar-refractivity contribution in [2.75, 3.05) is 43.9 Å². The molecule has 1 aliphatic rings. The van der Waals surface area contributed by atoms with Gasteiger partial charge in [-0.05, 0) is 49.6 Å². The lowest BCUT2D eigenvalue weighted by Crippen LogP contribution is -2.50. The maximum Gasteiger partial charge on any atom is 0.338 e. The molecule has 0 N–H and O–H groups in total. The summed E-state index contributed by atoms with van der Waals surface area (Å²) in [5, 5.41) is 8.94. The second-order valence-electron chi connectivity index (χ2n) is 7.51. The lowest BCUT2D eigenvalue weighted by atomic mass is 10.2. The van der Waals surface area contributed by atoms with Crippen LogP contribution in [0.3, 0.4) is 0 Å². The third-order valence-corrected chi connectivity index (χ3v) is 6.12. The Morgan fingerprint density at radius 2 is 1.73 bits per heavy atom. The van der Waals surface area contributed by atoms with Gasteiger partial charge in [-0.3, -0.25) is 9.36 Å². The van der Waals surface area contributed by atoms with Crippen LogP contribution in [0.4, 0.5) is 10.1 Å². The first-order chi connectivity index (χ1) is 16.0. The SMILES string of the molecule is CSc1nnc(C)n1-c1ccc(C(=O)OCC(=O)N2CCN(c3ccccc3F)CC2)cc1. The normalized spacial score (nSPS) is 13.8. The highest BCUT2D eigenvalue weighted by Gasteiger charge is 2.23. The number of carbonyl (C=O) groups excluding carboxylic acids is 2. The topological polar surface area (TPSA) is 80.6 Å². The molecule has 1 fully saturated rings. The van der Waals surface area contributed by atoms with Crippen LogP contribution in [0.25, 0.3) is 5.69 Å². The summed E-state index contributed by atoms with van der Waals surface area (Å²) in [6.45, 7) is 3.44. The Morgan fingerprint density at radius 1 is 1.03 bits per heavy atom. The quantitative estimate of drug-likeness (QED) is 0.406. The van der Waals surface area contributed by atoms with E-state index in [-0.39, 0.29) is 18.3 Å². The van der Waals surface area contributed by atoms with E-state index in [1.165, 1.54) is 17.8 Å². The predicted molar refractivity (Wildman–Crippen MR) is 123 cm³/mol. The number of carbonyl (C=O) groups is 2. The van der Waals surface area contributed by atoms with Crippen molar-refractivity contribution in [3.05, 3.63) is 65.7 Å². The van der Waals surface area contributed by atoms with E-state index in [2.05, 4.69) is 10.2 Å². The molecular weight excluding hydrogens is 445 g/mol. The van der Waals surface area contributed by atoms with Crippen LogP contribution in [0.5, 0.6) is 0 Å². The van der Waals surface area contributed by atoms with Crippen LogP contribution in [-0.4, -0.2) is 70.6 Å². The number of esters is 1. The molecule has 8 nitrogen and oxygen atoms in total. The highest BCUT2D eigenvalue weighted by atomic mass is 32.2. The Labute approximate surface area is 195 Å². The fraction of sp³-hybridized carbons (Fsp3) is 0.304. The summed E-state index contributed by atoms with van der Waals surface area (Å²) in [7, 11) is 0. The van der Waals surface area contributed by atoms with Crippen LogP contribution < -0.4 is 4.90 Å². The molecule has 1 aromatic heterocycles. The molecule has 172 valence electrons. The molecule has 4 rings (SSSR count). The van der Waals surface area contributed by atoms with Gasteiger partial charge in [0.25, 0.3) is 5.91 Å². The number of anilines is 1. The molecule has 0 bridgehead atoms. The number of hydrogen-bond acceptors (Lipinski definition) is 7. The van der Waals surface area contributed by atoms with Crippen molar-refractivity contribution in [1.29, 1.82) is 0 Å². The van der Waals surface area contributed by atoms with Gasteiger partial charge >= 0.3 is 5.97 Å². The first-order valence-electron chi connectivity index (χ1n) is 10.5. The smallest absolute Gasteiger partial charge is 0.338 e. The zero-order valence-corrected chi connectivity index (χ0v) is 19.2. The molecular formula is C23H24FN5O3S. The lowest BCUT2D eigenvalue weighted by Gasteiger charge is -2.36. The largest absolute Gasteiger partial charge is 0.452 e. The van der Waals surface area contributed by atoms with E-state index in [0.29, 0.717) is 37.4 Å². The van der Waals surface area contributed by atoms with Crippen molar-refractivity contribution < 1.29 is 18.7 Å². The number of aryl methyl sites for hydroxylation is 1. The van der Waals surface area contributed by atoms with E-state index in [1.54, 1.807) is 47.4 Å². The molecule has 10 heteroatoms. The Balaban J connectivity index is 1.30. The molecule has 0 unspecified atom stereocenters. The number of para-hydroxylation sites is 1. The minimum atomic E-state index is -0.564. The van der Waals surface area contributed by atoms with Gasteiger partial charge in [0.1, 0.15) is 11.6 Å². The Bertz CT molecular complexity index is 1140. The average Bonchev–Trinajstić information content (AvgIpc) is 3.23. The van der Waals surface area contributed by atoms with Gasteiger partial charge in [0.05, 0.1) is 11.3 Å². The Hall–Kier alpha value is -3.40. The van der Waals surface area contributed by atoms with E-state index in [0.717, 1.165) is 16.7 Å². The van der Waals surface area contributed by atoms with Gasteiger partial charge in [0.2, 0.25) is 0 Å². The molecule has 1 amide bonds. The van der Waals surface area contributed by atoms with E-state index in [1.807, 2.05) is 22.6 Å². The van der Waals surface area contributed by atoms with Crippen molar-refractivity contribution in [3.63, 3.8) is 0 Å². The van der Waals surface area contributed by atoms with Crippen molar-refractivity contribution >= 4 is 29.3 Å². The second-order valence-corrected chi connectivity index (χ2v) is 8.28. The fourth-order valence-electron chi connectivity index (χ4n) is 3.73. The van der Waals surface area contributed by atoms with E-state index >= 15 is 0 Å². The summed E-state index contributed by atoms with van der Waals surface area (Å²) in [4.78, 5) is 28.5. The van der Waals surface area contributed by atoms with Gasteiger partial charge in [-0.1, -0.05) is 23.9 Å². The minimum Gasteiger partial charge on any atom is -0.452 e. The number of halogens is 1. The van der Waals surface area contributed by atoms with Crippen LogP contribution in [0, 0.1) is 12.7 Å². The van der Waals surface area contributed by atoms with Crippen molar-refractivity contribution in [2.24, 2.45) is 0 Å². The molecule has 0 saturated carbocycles. The van der Waals surface area contributed by atoms with Gasteiger partial charge < -0.3 is 14.5 Å². The highest BCUT2D eigenvalue weighted by Crippen LogP contribution is 2.21. The Morgan fingerprint density at radius 3 is 2.39 bits per heavy atom. The van der Waals surface area contributed by atoms with E-state index < -0.39 is 5.97 Å². The molecule has 0 aliphatic carbocycles. The van der Waals surface area contributed by atoms with E-state index in [4.69, 9.17) is 4.74 Å². The van der Waals surface area contributed by atoms with Crippen LogP contribution in [-0.2, 0) is 9.53 Å². The summed E-state index contributed by atoms with van der Waals surface area (Å²) in [6, 6.07) is 13.5. The van der Waals surface area contributed by atoms with Gasteiger partial charge in [0, 0.05) is 31.9 Å². The van der Waals surface area contributed by atoms with Crippen LogP contribution in [0.1, 0.15) is 16.2 Å². The lowest BCUT2D eigenvalue weighted by molar-refractivity contribution is -0.134. The third-order valence-electron chi connectivity index (χ3n) is 5.49. The third kappa shape index (κ3) is 5.00. The average molecular weight is 470 g/mol. The summed E-state index contributed by atoms with van der Waals surface area (Å²) >= 11 is 1.48. The standard InChI is InChI=1S/C23H24FN5O3S/c1-16-25-26-23(33-2)29(16)18-9-7-17(8-10-18)22(31)32-15-21(30)28-13-11-27(12-14-28)20-6-4-3-5-19(20)24/h3-10H,11-15H2,1-2H3. The summed E-state index contributed by atoms with van der Waals surface area (Å²) in [5.74, 6) is -0.361. The van der Waals surface area contributed by atoms with Crippen LogP contribution in [0.2, 0.25) is 0 Å². The number of rotatable bonds is 6. The van der Waals surface area contributed by atoms with Crippen molar-refractivity contribution in [2.45, 2.75) is 12.1 Å². The number of aromatic nitrogens is 3. The Kier molecular flexibility index (Phi) is 6.93. The zero-order chi connectivity index (χ0) is 23.4. The molecule has 1 aliphatic heterocycles. The first kappa shape index (κ1) is 22.8. The maximum absolute atomic E-state index is 14.0. The molecule has 33 heavy (non-hydrogen) atoms. The van der Waals surface area contributed by atoms with Gasteiger partial charge in [0.15, 0.2) is 11.8 Å². The number of amides is 1. The van der Waals surface area contributed by atoms with Crippen LogP contribution in [0.15, 0.2) is 53.7 Å². The number of thioether (sulfide) groups is 1. The van der Waals surface area contributed by atoms with Gasteiger partial charge in [-0.2, -0.15) is 0 Å². The zero-order valence-electron chi connectivity index (χ0n) is 18.4. The minimum absolute atomic E-state index is 0.266. The number of nitrogens with zero attached hydrogens (tertiary/aromatic N) is 5. The predicted octanol–water partition coefficient (Wildman–Crippen LogP) is 2.94. The van der Waals surface area contributed by atoms with Crippen LogP contribution >= 0.6 is 11.8 Å². The maximum atomic E-state index is 14.0. The summed E-state index contributed by atoms with van der Waals surface area (Å²) in [6.07, 6.45) is 1.92.